The fourth-order valence-electron chi connectivity index (χ4n) is 3.55. The summed E-state index contributed by atoms with van der Waals surface area (Å²) in [6.45, 7) is 4.92. The number of benzene rings is 1. The largest absolute Gasteiger partial charge is 0.329 e. The van der Waals surface area contributed by atoms with Crippen LogP contribution in [0, 0.1) is 5.41 Å². The predicted octanol–water partition coefficient (Wildman–Crippen LogP) is 3.83. The van der Waals surface area contributed by atoms with Crippen molar-refractivity contribution in [1.29, 1.82) is 0 Å². The van der Waals surface area contributed by atoms with Gasteiger partial charge < -0.3 is 16.0 Å². The van der Waals surface area contributed by atoms with Gasteiger partial charge in [0.2, 0.25) is 5.91 Å². The van der Waals surface area contributed by atoms with Crippen LogP contribution in [0.15, 0.2) is 42.7 Å². The third kappa shape index (κ3) is 4.89. The van der Waals surface area contributed by atoms with Crippen molar-refractivity contribution in [1.82, 2.24) is 4.98 Å². The fraction of sp³-hybridized carbons (Fsp3) is 0.381. The molecule has 2 amide bonds. The van der Waals surface area contributed by atoms with Crippen LogP contribution in [-0.2, 0) is 11.2 Å². The molecule has 0 saturated carbocycles. The topological polar surface area (TPSA) is 88.3 Å². The molecule has 1 aliphatic heterocycles. The molecule has 0 saturated heterocycles. The van der Waals surface area contributed by atoms with Gasteiger partial charge in [0.05, 0.1) is 11.0 Å². The molecule has 8 heteroatoms. The zero-order valence-corrected chi connectivity index (χ0v) is 18.3. The van der Waals surface area contributed by atoms with Gasteiger partial charge in [-0.15, -0.1) is 24.8 Å². The number of fused-ring (bicyclic) bond motifs is 1. The number of carbonyl (C=O) groups is 2. The number of hydrogen-bond donors (Lipinski definition) is 2. The van der Waals surface area contributed by atoms with E-state index in [1.165, 1.54) is 0 Å². The van der Waals surface area contributed by atoms with E-state index in [4.69, 9.17) is 5.73 Å². The normalized spacial score (nSPS) is 12.4. The van der Waals surface area contributed by atoms with Crippen molar-refractivity contribution in [3.63, 3.8) is 0 Å². The van der Waals surface area contributed by atoms with E-state index in [0.717, 1.165) is 23.4 Å². The number of carbonyl (C=O) groups excluding carboxylic acids is 2. The molecule has 2 aromatic rings. The average molecular weight is 439 g/mol. The van der Waals surface area contributed by atoms with Crippen molar-refractivity contribution in [3.05, 3.63) is 53.9 Å². The molecule has 0 atom stereocenters. The van der Waals surface area contributed by atoms with E-state index in [2.05, 4.69) is 10.3 Å². The lowest BCUT2D eigenvalue weighted by Crippen LogP contribution is -2.41. The molecule has 6 nitrogen and oxygen atoms in total. The van der Waals surface area contributed by atoms with Crippen LogP contribution in [0.3, 0.4) is 0 Å². The van der Waals surface area contributed by atoms with Crippen molar-refractivity contribution in [2.24, 2.45) is 11.1 Å². The third-order valence-electron chi connectivity index (χ3n) is 5.61. The number of hydrogen-bond acceptors (Lipinski definition) is 4. The highest BCUT2D eigenvalue weighted by Gasteiger charge is 2.33. The van der Waals surface area contributed by atoms with Crippen molar-refractivity contribution in [2.45, 2.75) is 33.1 Å². The SMILES string of the molecule is CCC(CC)(CN)C(=O)Nc1ccc2c(c1)CCN2C(=O)c1cccnc1.Cl.Cl. The molecule has 1 aromatic carbocycles. The number of nitrogens with zero attached hydrogens (tertiary/aromatic N) is 2. The van der Waals surface area contributed by atoms with Gasteiger partial charge in [0.15, 0.2) is 0 Å². The number of halogens is 2. The summed E-state index contributed by atoms with van der Waals surface area (Å²) in [5.74, 6) is -0.103. The van der Waals surface area contributed by atoms with E-state index in [1.54, 1.807) is 29.4 Å². The molecule has 0 spiro atoms. The summed E-state index contributed by atoms with van der Waals surface area (Å²) in [5, 5.41) is 3.01. The molecule has 0 fully saturated rings. The Morgan fingerprint density at radius 2 is 1.93 bits per heavy atom. The van der Waals surface area contributed by atoms with Gasteiger partial charge in [-0.3, -0.25) is 14.6 Å². The minimum atomic E-state index is -0.540. The molecule has 1 aromatic heterocycles. The molecule has 0 aliphatic carbocycles. The van der Waals surface area contributed by atoms with Crippen LogP contribution in [0.5, 0.6) is 0 Å². The Labute approximate surface area is 184 Å². The first-order chi connectivity index (χ1) is 13.0. The van der Waals surface area contributed by atoms with E-state index in [9.17, 15) is 9.59 Å². The number of rotatable bonds is 6. The molecule has 2 heterocycles. The maximum absolute atomic E-state index is 12.7. The molecule has 0 radical (unpaired) electrons. The summed E-state index contributed by atoms with van der Waals surface area (Å²) in [5.41, 5.74) is 8.58. The Balaban J connectivity index is 0.00000210. The summed E-state index contributed by atoms with van der Waals surface area (Å²) < 4.78 is 0. The van der Waals surface area contributed by atoms with Crippen molar-refractivity contribution in [3.8, 4) is 0 Å². The lowest BCUT2D eigenvalue weighted by atomic mass is 9.81. The smallest absolute Gasteiger partial charge is 0.259 e. The Morgan fingerprint density at radius 3 is 2.52 bits per heavy atom. The lowest BCUT2D eigenvalue weighted by Gasteiger charge is -2.28. The molecule has 3 N–H and O–H groups in total. The summed E-state index contributed by atoms with van der Waals surface area (Å²) in [6, 6.07) is 9.22. The van der Waals surface area contributed by atoms with Crippen LogP contribution < -0.4 is 16.0 Å². The molecule has 3 rings (SSSR count). The van der Waals surface area contributed by atoms with Crippen LogP contribution in [0.1, 0.15) is 42.6 Å². The summed E-state index contributed by atoms with van der Waals surface area (Å²) in [6.07, 6.45) is 5.39. The second kappa shape index (κ2) is 10.6. The van der Waals surface area contributed by atoms with E-state index in [0.29, 0.717) is 31.5 Å². The highest BCUT2D eigenvalue weighted by atomic mass is 35.5. The second-order valence-electron chi connectivity index (χ2n) is 6.94. The summed E-state index contributed by atoms with van der Waals surface area (Å²) in [4.78, 5) is 31.2. The van der Waals surface area contributed by atoms with Gasteiger partial charge in [-0.05, 0) is 55.2 Å². The minimum absolute atomic E-state index is 0. The third-order valence-corrected chi connectivity index (χ3v) is 5.61. The van der Waals surface area contributed by atoms with E-state index in [1.807, 2.05) is 32.0 Å². The Kier molecular flexibility index (Phi) is 9.08. The summed E-state index contributed by atoms with van der Waals surface area (Å²) in [7, 11) is 0. The monoisotopic (exact) mass is 438 g/mol. The zero-order valence-electron chi connectivity index (χ0n) is 16.7. The van der Waals surface area contributed by atoms with Gasteiger partial charge in [-0.25, -0.2) is 0 Å². The van der Waals surface area contributed by atoms with Crippen LogP contribution in [0.2, 0.25) is 0 Å². The molecule has 0 bridgehead atoms. The lowest BCUT2D eigenvalue weighted by molar-refractivity contribution is -0.125. The van der Waals surface area contributed by atoms with Gasteiger partial charge >= 0.3 is 0 Å². The van der Waals surface area contributed by atoms with E-state index >= 15 is 0 Å². The van der Waals surface area contributed by atoms with E-state index in [-0.39, 0.29) is 36.6 Å². The predicted molar refractivity (Wildman–Crippen MR) is 121 cm³/mol. The maximum Gasteiger partial charge on any atom is 0.259 e. The van der Waals surface area contributed by atoms with E-state index < -0.39 is 5.41 Å². The Bertz CT molecular complexity index is 834. The van der Waals surface area contributed by atoms with Gasteiger partial charge in [-0.1, -0.05) is 13.8 Å². The average Bonchev–Trinajstić information content (AvgIpc) is 3.13. The minimum Gasteiger partial charge on any atom is -0.329 e. The van der Waals surface area contributed by atoms with Crippen LogP contribution in [0.25, 0.3) is 0 Å². The molecule has 29 heavy (non-hydrogen) atoms. The van der Waals surface area contributed by atoms with Gasteiger partial charge in [-0.2, -0.15) is 0 Å². The number of pyridine rings is 1. The zero-order chi connectivity index (χ0) is 19.4. The van der Waals surface area contributed by atoms with Gasteiger partial charge in [0.25, 0.3) is 5.91 Å². The highest BCUT2D eigenvalue weighted by Crippen LogP contribution is 2.33. The fourth-order valence-corrected chi connectivity index (χ4v) is 3.55. The number of nitrogens with one attached hydrogen (secondary N) is 1. The molecule has 158 valence electrons. The molecular formula is C21H28Cl2N4O2. The molecule has 1 aliphatic rings. The van der Waals surface area contributed by atoms with Crippen molar-refractivity contribution in [2.75, 3.05) is 23.3 Å². The first-order valence-electron chi connectivity index (χ1n) is 9.41. The van der Waals surface area contributed by atoms with Crippen LogP contribution >= 0.6 is 24.8 Å². The van der Waals surface area contributed by atoms with Gasteiger partial charge in [0, 0.05) is 36.9 Å². The first kappa shape index (κ1) is 24.9. The standard InChI is InChI=1S/C21H26N4O2.2ClH/c1-3-21(4-2,14-22)20(27)24-17-7-8-18-15(12-17)9-11-25(18)19(26)16-6-5-10-23-13-16;;/h5-8,10,12-13H,3-4,9,11,14,22H2,1-2H3,(H,24,27);2*1H. The maximum atomic E-state index is 12.7. The second-order valence-corrected chi connectivity index (χ2v) is 6.94. The molecular weight excluding hydrogens is 411 g/mol. The van der Waals surface area contributed by atoms with Crippen LogP contribution in [-0.4, -0.2) is 29.9 Å². The first-order valence-corrected chi connectivity index (χ1v) is 9.41. The number of amides is 2. The molecule has 0 unspecified atom stereocenters. The van der Waals surface area contributed by atoms with Gasteiger partial charge in [0.1, 0.15) is 0 Å². The number of aromatic nitrogens is 1. The summed E-state index contributed by atoms with van der Waals surface area (Å²) >= 11 is 0. The van der Waals surface area contributed by atoms with Crippen molar-refractivity contribution < 1.29 is 9.59 Å². The number of nitrogens with two attached hydrogens (primary N) is 1. The number of anilines is 2. The quantitative estimate of drug-likeness (QED) is 0.716. The highest BCUT2D eigenvalue weighted by molar-refractivity contribution is 6.07. The van der Waals surface area contributed by atoms with Crippen LogP contribution in [0.4, 0.5) is 11.4 Å². The Morgan fingerprint density at radius 1 is 1.21 bits per heavy atom. The Hall–Kier alpha value is -2.15. The van der Waals surface area contributed by atoms with Crippen molar-refractivity contribution >= 4 is 48.0 Å².